The summed E-state index contributed by atoms with van der Waals surface area (Å²) < 4.78 is 0. The fraction of sp³-hybridized carbons (Fsp3) is 1.00. The van der Waals surface area contributed by atoms with Gasteiger partial charge in [-0.3, -0.25) is 0 Å². The van der Waals surface area contributed by atoms with Crippen molar-refractivity contribution in [1.29, 1.82) is 0 Å². The van der Waals surface area contributed by atoms with Crippen LogP contribution in [0.5, 0.6) is 0 Å². The van der Waals surface area contributed by atoms with Gasteiger partial charge in [0.25, 0.3) is 0 Å². The number of hydrogen-bond donors (Lipinski definition) is 0. The van der Waals surface area contributed by atoms with E-state index in [1.54, 1.807) is 0 Å². The Balaban J connectivity index is 2.25. The van der Waals surface area contributed by atoms with Crippen LogP contribution in [-0.4, -0.2) is 25.2 Å². The molecule has 1 fully saturated rings. The average molecular weight is 223 g/mol. The Morgan fingerprint density at radius 3 is 2.23 bits per heavy atom. The van der Waals surface area contributed by atoms with Crippen molar-refractivity contribution in [2.45, 2.75) is 45.4 Å². The Morgan fingerprint density at radius 1 is 1.08 bits per heavy atom. The van der Waals surface area contributed by atoms with Crippen molar-refractivity contribution in [2.75, 3.05) is 25.2 Å². The quantitative estimate of drug-likeness (QED) is 0.467. The molecule has 0 aliphatic carbocycles. The molecule has 1 aliphatic rings. The van der Waals surface area contributed by atoms with Gasteiger partial charge in [0.05, 0.1) is 0 Å². The Bertz CT molecular complexity index is 155. The van der Waals surface area contributed by atoms with Crippen LogP contribution in [0.3, 0.4) is 0 Å². The van der Waals surface area contributed by atoms with Gasteiger partial charge in [-0.05, 0) is 0 Å². The van der Waals surface area contributed by atoms with Crippen molar-refractivity contribution in [2.24, 2.45) is 0 Å². The molecule has 0 bridgehead atoms. The molecule has 1 heterocycles. The summed E-state index contributed by atoms with van der Waals surface area (Å²) in [6.45, 7) is 4.68. The molecule has 0 aromatic heterocycles. The van der Waals surface area contributed by atoms with E-state index in [0.29, 0.717) is 0 Å². The van der Waals surface area contributed by atoms with Gasteiger partial charge in [-0.2, -0.15) is 0 Å². The molecule has 0 saturated carbocycles. The normalized spacial score (nSPS) is 28.1. The Kier molecular flexibility index (Phi) is 4.08. The van der Waals surface area contributed by atoms with Crippen LogP contribution in [0.25, 0.3) is 0 Å². The first kappa shape index (κ1) is 11.8. The maximum atomic E-state index is 6.84. The van der Waals surface area contributed by atoms with E-state index < -0.39 is 5.96 Å². The third-order valence-electron chi connectivity index (χ3n) is 3.45. The molecule has 0 nitrogen and oxygen atoms in total. The van der Waals surface area contributed by atoms with E-state index in [1.807, 2.05) is 0 Å². The summed E-state index contributed by atoms with van der Waals surface area (Å²) in [4.78, 5) is 0. The third-order valence-corrected chi connectivity index (χ3v) is 9.67. The summed E-state index contributed by atoms with van der Waals surface area (Å²) in [5.74, 6) is -1.63. The molecule has 2 heteroatoms. The molecule has 0 N–H and O–H groups in total. The molecular weight excluding hydrogens is 199 g/mol. The molecule has 0 spiro atoms. The molecule has 1 rings (SSSR count). The second-order valence-corrected chi connectivity index (χ2v) is 13.9. The summed E-state index contributed by atoms with van der Waals surface area (Å²) in [6, 6.07) is 0. The Hall–Kier alpha value is 0.720. The van der Waals surface area contributed by atoms with E-state index in [-0.39, 0.29) is 0 Å². The van der Waals surface area contributed by atoms with E-state index in [4.69, 9.17) is 11.2 Å². The molecular formula is C11H24ClP. The number of rotatable bonds is 5. The SMILES string of the molecule is CCCCCCP1(C)(Cl)CCCC1. The van der Waals surface area contributed by atoms with Gasteiger partial charge in [0, 0.05) is 0 Å². The van der Waals surface area contributed by atoms with Gasteiger partial charge in [-0.15, -0.1) is 0 Å². The molecule has 0 aromatic rings. The van der Waals surface area contributed by atoms with Crippen molar-refractivity contribution >= 4 is 17.2 Å². The zero-order valence-electron chi connectivity index (χ0n) is 9.19. The summed E-state index contributed by atoms with van der Waals surface area (Å²) in [5, 5.41) is 0. The average Bonchev–Trinajstić information content (AvgIpc) is 2.42. The topological polar surface area (TPSA) is 0 Å². The van der Waals surface area contributed by atoms with Gasteiger partial charge in [0.15, 0.2) is 0 Å². The van der Waals surface area contributed by atoms with Crippen LogP contribution in [-0.2, 0) is 0 Å². The number of halogens is 1. The van der Waals surface area contributed by atoms with Gasteiger partial charge in [-0.1, -0.05) is 0 Å². The zero-order valence-corrected chi connectivity index (χ0v) is 10.8. The predicted molar refractivity (Wildman–Crippen MR) is 66.7 cm³/mol. The number of unbranched alkanes of at least 4 members (excludes halogenated alkanes) is 3. The van der Waals surface area contributed by atoms with E-state index in [2.05, 4.69) is 13.6 Å². The fourth-order valence-corrected chi connectivity index (χ4v) is 7.49. The molecule has 0 atom stereocenters. The molecule has 13 heavy (non-hydrogen) atoms. The zero-order chi connectivity index (χ0) is 9.81. The van der Waals surface area contributed by atoms with Gasteiger partial charge in [-0.25, -0.2) is 0 Å². The maximum absolute atomic E-state index is 6.84. The van der Waals surface area contributed by atoms with E-state index in [0.717, 1.165) is 0 Å². The third kappa shape index (κ3) is 3.76. The van der Waals surface area contributed by atoms with E-state index >= 15 is 0 Å². The summed E-state index contributed by atoms with van der Waals surface area (Å²) in [6.07, 6.45) is 12.4. The van der Waals surface area contributed by atoms with Gasteiger partial charge in [0.2, 0.25) is 0 Å². The molecule has 0 amide bonds. The minimum atomic E-state index is -1.63. The van der Waals surface area contributed by atoms with Crippen LogP contribution in [0.4, 0.5) is 0 Å². The second-order valence-electron chi connectivity index (χ2n) is 5.09. The van der Waals surface area contributed by atoms with Crippen molar-refractivity contribution in [3.8, 4) is 0 Å². The van der Waals surface area contributed by atoms with Crippen LogP contribution in [0.15, 0.2) is 0 Å². The van der Waals surface area contributed by atoms with E-state index in [1.165, 1.54) is 57.0 Å². The van der Waals surface area contributed by atoms with Crippen molar-refractivity contribution in [3.63, 3.8) is 0 Å². The molecule has 1 saturated heterocycles. The number of hydrogen-bond acceptors (Lipinski definition) is 0. The van der Waals surface area contributed by atoms with Gasteiger partial charge < -0.3 is 0 Å². The fourth-order valence-electron chi connectivity index (χ4n) is 2.42. The molecule has 0 radical (unpaired) electrons. The summed E-state index contributed by atoms with van der Waals surface area (Å²) in [7, 11) is 0. The van der Waals surface area contributed by atoms with Crippen LogP contribution in [0, 0.1) is 0 Å². The van der Waals surface area contributed by atoms with Crippen LogP contribution >= 0.6 is 17.2 Å². The Morgan fingerprint density at radius 2 is 1.69 bits per heavy atom. The standard InChI is InChI=1S/C11H24ClP/c1-3-4-5-6-9-13(2,12)10-7-8-11-13/h3-11H2,1-2H3. The first-order valence-electron chi connectivity index (χ1n) is 5.77. The monoisotopic (exact) mass is 222 g/mol. The van der Waals surface area contributed by atoms with E-state index in [9.17, 15) is 0 Å². The molecule has 80 valence electrons. The molecule has 0 aromatic carbocycles. The molecule has 0 unspecified atom stereocenters. The molecule has 1 aliphatic heterocycles. The predicted octanol–water partition coefficient (Wildman–Crippen LogP) is 4.70. The first-order chi connectivity index (χ1) is 6.05. The van der Waals surface area contributed by atoms with Gasteiger partial charge >= 0.3 is 87.8 Å². The second kappa shape index (κ2) is 4.49. The summed E-state index contributed by atoms with van der Waals surface area (Å²) in [5.41, 5.74) is 0. The first-order valence-corrected chi connectivity index (χ1v) is 9.92. The minimum absolute atomic E-state index is 1.34. The Labute approximate surface area is 88.1 Å². The van der Waals surface area contributed by atoms with Crippen LogP contribution in [0.1, 0.15) is 45.4 Å². The summed E-state index contributed by atoms with van der Waals surface area (Å²) >= 11 is 6.84. The van der Waals surface area contributed by atoms with Crippen LogP contribution < -0.4 is 0 Å². The van der Waals surface area contributed by atoms with Gasteiger partial charge in [0.1, 0.15) is 0 Å². The van der Waals surface area contributed by atoms with Crippen molar-refractivity contribution < 1.29 is 0 Å². The van der Waals surface area contributed by atoms with Crippen molar-refractivity contribution in [1.82, 2.24) is 0 Å². The van der Waals surface area contributed by atoms with Crippen LogP contribution in [0.2, 0.25) is 0 Å². The van der Waals surface area contributed by atoms with Crippen molar-refractivity contribution in [3.05, 3.63) is 0 Å².